The number of carboxylic acid groups (broad SMARTS) is 1. The molecule has 7 heteroatoms. The zero-order chi connectivity index (χ0) is 24.9. The fourth-order valence-corrected chi connectivity index (χ4v) is 3.38. The van der Waals surface area contributed by atoms with E-state index < -0.39 is 5.97 Å². The molecule has 0 fully saturated rings. The second-order valence-corrected chi connectivity index (χ2v) is 8.01. The van der Waals surface area contributed by atoms with Gasteiger partial charge in [0, 0.05) is 13.0 Å². The molecule has 0 saturated heterocycles. The summed E-state index contributed by atoms with van der Waals surface area (Å²) in [6.07, 6.45) is 2.23. The summed E-state index contributed by atoms with van der Waals surface area (Å²) >= 11 is 0. The second-order valence-electron chi connectivity index (χ2n) is 8.01. The minimum atomic E-state index is -0.803. The Labute approximate surface area is 204 Å². The summed E-state index contributed by atoms with van der Waals surface area (Å²) in [4.78, 5) is 34.8. The SMILES string of the molecule is O=C(O)CCCCCNC(=O)COc1ccc(-c2cccc(C(=O)OCc3ccccc3)c2)cc1. The van der Waals surface area contributed by atoms with Crippen LogP contribution in [-0.2, 0) is 20.9 Å². The molecule has 0 saturated carbocycles. The number of rotatable bonds is 13. The molecule has 35 heavy (non-hydrogen) atoms. The van der Waals surface area contributed by atoms with Gasteiger partial charge in [-0.05, 0) is 53.8 Å². The molecule has 2 N–H and O–H groups in total. The largest absolute Gasteiger partial charge is 0.484 e. The molecule has 1 amide bonds. The first-order valence-electron chi connectivity index (χ1n) is 11.5. The molecule has 0 unspecified atom stereocenters. The Balaban J connectivity index is 1.45. The van der Waals surface area contributed by atoms with E-state index >= 15 is 0 Å². The number of aliphatic carboxylic acids is 1. The van der Waals surface area contributed by atoms with Crippen molar-refractivity contribution in [3.8, 4) is 16.9 Å². The monoisotopic (exact) mass is 475 g/mol. The molecule has 7 nitrogen and oxygen atoms in total. The molecule has 0 heterocycles. The van der Waals surface area contributed by atoms with Crippen LogP contribution in [0.2, 0.25) is 0 Å². The molecule has 0 radical (unpaired) electrons. The van der Waals surface area contributed by atoms with Gasteiger partial charge in [0.25, 0.3) is 5.91 Å². The molecule has 0 spiro atoms. The number of amides is 1. The first kappa shape index (κ1) is 25.5. The van der Waals surface area contributed by atoms with Gasteiger partial charge in [-0.25, -0.2) is 4.79 Å². The predicted molar refractivity (Wildman–Crippen MR) is 132 cm³/mol. The van der Waals surface area contributed by atoms with Crippen molar-refractivity contribution < 1.29 is 29.0 Å². The van der Waals surface area contributed by atoms with Crippen LogP contribution in [0.5, 0.6) is 5.75 Å². The van der Waals surface area contributed by atoms with Gasteiger partial charge in [-0.15, -0.1) is 0 Å². The predicted octanol–water partition coefficient (Wildman–Crippen LogP) is 4.85. The molecule has 3 rings (SSSR count). The Bertz CT molecular complexity index is 1110. The number of hydrogen-bond donors (Lipinski definition) is 2. The van der Waals surface area contributed by atoms with Gasteiger partial charge in [0.15, 0.2) is 6.61 Å². The summed E-state index contributed by atoms with van der Waals surface area (Å²) < 4.78 is 11.0. The normalized spacial score (nSPS) is 10.4. The Morgan fingerprint density at radius 1 is 0.800 bits per heavy atom. The fraction of sp³-hybridized carbons (Fsp3) is 0.250. The first-order chi connectivity index (χ1) is 17.0. The highest BCUT2D eigenvalue weighted by Crippen LogP contribution is 2.24. The third-order valence-electron chi connectivity index (χ3n) is 5.26. The van der Waals surface area contributed by atoms with Crippen molar-refractivity contribution in [1.82, 2.24) is 5.32 Å². The van der Waals surface area contributed by atoms with Crippen LogP contribution in [0, 0.1) is 0 Å². The zero-order valence-corrected chi connectivity index (χ0v) is 19.4. The Kier molecular flexibility index (Phi) is 9.87. The van der Waals surface area contributed by atoms with E-state index in [1.54, 1.807) is 24.3 Å². The molecule has 0 aliphatic carbocycles. The quantitative estimate of drug-likeness (QED) is 0.271. The summed E-state index contributed by atoms with van der Waals surface area (Å²) in [5.74, 6) is -0.858. The average Bonchev–Trinajstić information content (AvgIpc) is 2.89. The lowest BCUT2D eigenvalue weighted by Crippen LogP contribution is -2.29. The van der Waals surface area contributed by atoms with Crippen molar-refractivity contribution in [2.24, 2.45) is 0 Å². The highest BCUT2D eigenvalue weighted by atomic mass is 16.5. The van der Waals surface area contributed by atoms with E-state index in [1.165, 1.54) is 0 Å². The summed E-state index contributed by atoms with van der Waals surface area (Å²) in [7, 11) is 0. The van der Waals surface area contributed by atoms with Gasteiger partial charge >= 0.3 is 11.9 Å². The summed E-state index contributed by atoms with van der Waals surface area (Å²) in [6, 6.07) is 24.0. The van der Waals surface area contributed by atoms with Crippen LogP contribution in [0.15, 0.2) is 78.9 Å². The van der Waals surface area contributed by atoms with Crippen LogP contribution in [0.25, 0.3) is 11.1 Å². The summed E-state index contributed by atoms with van der Waals surface area (Å²) in [5, 5.41) is 11.4. The van der Waals surface area contributed by atoms with E-state index in [4.69, 9.17) is 14.6 Å². The smallest absolute Gasteiger partial charge is 0.338 e. The van der Waals surface area contributed by atoms with Gasteiger partial charge in [-0.2, -0.15) is 0 Å². The standard InChI is InChI=1S/C28H29NO6/c30-26(29-17-6-2-5-12-27(31)32)20-34-25-15-13-22(14-16-25)23-10-7-11-24(18-23)28(33)35-19-21-8-3-1-4-9-21/h1,3-4,7-11,13-16,18H,2,5-6,12,17,19-20H2,(H,29,30)(H,31,32). The number of carbonyl (C=O) groups excluding carboxylic acids is 2. The molecule has 0 aromatic heterocycles. The number of ether oxygens (including phenoxy) is 2. The highest BCUT2D eigenvalue weighted by Gasteiger charge is 2.10. The molecule has 0 bridgehead atoms. The van der Waals surface area contributed by atoms with Gasteiger partial charge in [0.1, 0.15) is 12.4 Å². The second kappa shape index (κ2) is 13.5. The minimum Gasteiger partial charge on any atom is -0.484 e. The lowest BCUT2D eigenvalue weighted by Gasteiger charge is -2.09. The summed E-state index contributed by atoms with van der Waals surface area (Å²) in [6.45, 7) is 0.607. The molecule has 182 valence electrons. The van der Waals surface area contributed by atoms with Crippen molar-refractivity contribution in [3.05, 3.63) is 90.0 Å². The number of carbonyl (C=O) groups is 3. The topological polar surface area (TPSA) is 102 Å². The number of esters is 1. The number of nitrogens with one attached hydrogen (secondary N) is 1. The summed E-state index contributed by atoms with van der Waals surface area (Å²) in [5.41, 5.74) is 3.17. The van der Waals surface area contributed by atoms with E-state index in [-0.39, 0.29) is 31.5 Å². The Hall–Kier alpha value is -4.13. The van der Waals surface area contributed by atoms with Gasteiger partial charge in [-0.3, -0.25) is 9.59 Å². The Morgan fingerprint density at radius 2 is 1.57 bits per heavy atom. The molecule has 0 atom stereocenters. The number of unbranched alkanes of at least 4 members (excludes halogenated alkanes) is 2. The lowest BCUT2D eigenvalue weighted by molar-refractivity contribution is -0.137. The molecule has 3 aromatic carbocycles. The first-order valence-corrected chi connectivity index (χ1v) is 11.5. The zero-order valence-electron chi connectivity index (χ0n) is 19.4. The molecular formula is C28H29NO6. The number of hydrogen-bond acceptors (Lipinski definition) is 5. The van der Waals surface area contributed by atoms with E-state index in [1.807, 2.05) is 54.6 Å². The van der Waals surface area contributed by atoms with Crippen molar-refractivity contribution in [3.63, 3.8) is 0 Å². The van der Waals surface area contributed by atoms with E-state index in [0.29, 0.717) is 24.3 Å². The number of benzene rings is 3. The lowest BCUT2D eigenvalue weighted by atomic mass is 10.0. The highest BCUT2D eigenvalue weighted by molar-refractivity contribution is 5.91. The maximum Gasteiger partial charge on any atom is 0.338 e. The maximum atomic E-state index is 12.5. The van der Waals surface area contributed by atoms with Gasteiger partial charge in [-0.1, -0.05) is 61.0 Å². The molecule has 0 aliphatic heterocycles. The van der Waals surface area contributed by atoms with Crippen molar-refractivity contribution in [2.45, 2.75) is 32.3 Å². The van der Waals surface area contributed by atoms with Crippen LogP contribution in [0.3, 0.4) is 0 Å². The van der Waals surface area contributed by atoms with Gasteiger partial charge in [0.2, 0.25) is 0 Å². The van der Waals surface area contributed by atoms with Gasteiger partial charge in [0.05, 0.1) is 5.56 Å². The van der Waals surface area contributed by atoms with Crippen LogP contribution in [-0.4, -0.2) is 36.1 Å². The Morgan fingerprint density at radius 3 is 2.31 bits per heavy atom. The van der Waals surface area contributed by atoms with Crippen LogP contribution < -0.4 is 10.1 Å². The third-order valence-corrected chi connectivity index (χ3v) is 5.26. The van der Waals surface area contributed by atoms with Crippen LogP contribution in [0.4, 0.5) is 0 Å². The third kappa shape index (κ3) is 8.97. The molecular weight excluding hydrogens is 446 g/mol. The maximum absolute atomic E-state index is 12.5. The van der Waals surface area contributed by atoms with Crippen molar-refractivity contribution >= 4 is 17.8 Å². The molecule has 0 aliphatic rings. The van der Waals surface area contributed by atoms with E-state index in [0.717, 1.165) is 29.5 Å². The van der Waals surface area contributed by atoms with E-state index in [2.05, 4.69) is 5.32 Å². The molecule has 3 aromatic rings. The van der Waals surface area contributed by atoms with Crippen LogP contribution >= 0.6 is 0 Å². The van der Waals surface area contributed by atoms with Gasteiger partial charge < -0.3 is 19.9 Å². The number of carboxylic acids is 1. The average molecular weight is 476 g/mol. The van der Waals surface area contributed by atoms with Crippen LogP contribution in [0.1, 0.15) is 41.6 Å². The fourth-order valence-electron chi connectivity index (χ4n) is 3.38. The minimum absolute atomic E-state index is 0.1000. The van der Waals surface area contributed by atoms with Crippen molar-refractivity contribution in [2.75, 3.05) is 13.2 Å². The van der Waals surface area contributed by atoms with Crippen molar-refractivity contribution in [1.29, 1.82) is 0 Å². The van der Waals surface area contributed by atoms with E-state index in [9.17, 15) is 14.4 Å².